The highest BCUT2D eigenvalue weighted by Crippen LogP contribution is 2.37. The third-order valence-corrected chi connectivity index (χ3v) is 3.97. The van der Waals surface area contributed by atoms with E-state index in [0.29, 0.717) is 19.6 Å². The molecule has 0 aromatic carbocycles. The maximum atomic E-state index is 12.8. The Morgan fingerprint density at radius 1 is 1.46 bits per heavy atom. The normalized spacial score (nSPS) is 23.5. The fraction of sp³-hybridized carbons (Fsp3) is 0.733. The lowest BCUT2D eigenvalue weighted by Gasteiger charge is -2.17. The monoisotopic (exact) mass is 347 g/mol. The smallest absolute Gasteiger partial charge is 0.351 e. The lowest BCUT2D eigenvalue weighted by molar-refractivity contribution is -0.141. The van der Waals surface area contributed by atoms with E-state index in [1.54, 1.807) is 13.8 Å². The molecule has 3 rings (SSSR count). The molecule has 1 saturated carbocycles. The largest absolute Gasteiger partial charge is 0.435 e. The lowest BCUT2D eigenvalue weighted by atomic mass is 10.2. The third-order valence-electron chi connectivity index (χ3n) is 3.97. The first-order valence-corrected chi connectivity index (χ1v) is 7.92. The summed E-state index contributed by atoms with van der Waals surface area (Å²) in [7, 11) is 0. The highest BCUT2D eigenvalue weighted by atomic mass is 19.4. The van der Waals surface area contributed by atoms with Crippen molar-refractivity contribution < 1.29 is 27.4 Å². The second kappa shape index (κ2) is 6.03. The minimum atomic E-state index is -4.56. The molecule has 1 aromatic heterocycles. The van der Waals surface area contributed by atoms with Crippen LogP contribution in [0.5, 0.6) is 0 Å². The predicted octanol–water partition coefficient (Wildman–Crippen LogP) is 2.51. The highest BCUT2D eigenvalue weighted by Gasteiger charge is 2.38. The van der Waals surface area contributed by atoms with Crippen LogP contribution < -0.4 is 5.32 Å². The van der Waals surface area contributed by atoms with Crippen molar-refractivity contribution in [2.75, 3.05) is 13.2 Å². The van der Waals surface area contributed by atoms with E-state index in [1.807, 2.05) is 0 Å². The van der Waals surface area contributed by atoms with Crippen molar-refractivity contribution in [3.8, 4) is 0 Å². The molecular weight excluding hydrogens is 327 g/mol. The molecule has 1 aliphatic heterocycles. The molecule has 2 fully saturated rings. The zero-order valence-electron chi connectivity index (χ0n) is 13.5. The summed E-state index contributed by atoms with van der Waals surface area (Å²) in [5, 5.41) is 6.19. The van der Waals surface area contributed by atoms with Gasteiger partial charge in [-0.1, -0.05) is 0 Å². The van der Waals surface area contributed by atoms with E-state index < -0.39 is 23.6 Å². The Balaban J connectivity index is 1.59. The first-order valence-electron chi connectivity index (χ1n) is 7.92. The standard InChI is InChI=1S/C15H20F3N3O3/c1-14(2)23-8-10(24-14)5-6-19-13(22)11-7-12(15(16,17)18)20-21(11)9-3-4-9/h7,9-10H,3-6,8H2,1-2H3,(H,19,22). The number of aromatic nitrogens is 2. The molecule has 2 heterocycles. The average molecular weight is 347 g/mol. The van der Waals surface area contributed by atoms with Crippen LogP contribution in [-0.4, -0.2) is 40.7 Å². The van der Waals surface area contributed by atoms with Crippen LogP contribution in [0.4, 0.5) is 13.2 Å². The molecule has 1 aromatic rings. The van der Waals surface area contributed by atoms with E-state index in [0.717, 1.165) is 18.9 Å². The number of carbonyl (C=O) groups is 1. The Hall–Kier alpha value is -1.61. The Labute approximate surface area is 137 Å². The Morgan fingerprint density at radius 2 is 2.17 bits per heavy atom. The van der Waals surface area contributed by atoms with Crippen LogP contribution in [0.2, 0.25) is 0 Å². The van der Waals surface area contributed by atoms with Crippen molar-refractivity contribution >= 4 is 5.91 Å². The van der Waals surface area contributed by atoms with Gasteiger partial charge < -0.3 is 14.8 Å². The van der Waals surface area contributed by atoms with Crippen molar-refractivity contribution in [3.63, 3.8) is 0 Å². The van der Waals surface area contributed by atoms with Gasteiger partial charge in [-0.25, -0.2) is 0 Å². The van der Waals surface area contributed by atoms with E-state index in [4.69, 9.17) is 9.47 Å². The summed E-state index contributed by atoms with van der Waals surface area (Å²) >= 11 is 0. The van der Waals surface area contributed by atoms with Crippen molar-refractivity contribution in [2.24, 2.45) is 0 Å². The van der Waals surface area contributed by atoms with Crippen molar-refractivity contribution in [1.82, 2.24) is 15.1 Å². The minimum Gasteiger partial charge on any atom is -0.351 e. The molecule has 1 unspecified atom stereocenters. The van der Waals surface area contributed by atoms with Gasteiger partial charge in [0, 0.05) is 12.6 Å². The van der Waals surface area contributed by atoms with Crippen LogP contribution >= 0.6 is 0 Å². The molecule has 1 atom stereocenters. The number of nitrogens with one attached hydrogen (secondary N) is 1. The van der Waals surface area contributed by atoms with Crippen molar-refractivity contribution in [2.45, 2.75) is 57.2 Å². The third kappa shape index (κ3) is 3.89. The Bertz CT molecular complexity index is 623. The average Bonchev–Trinajstić information content (AvgIpc) is 3.10. The van der Waals surface area contributed by atoms with Gasteiger partial charge >= 0.3 is 6.18 Å². The molecule has 6 nitrogen and oxygen atoms in total. The number of halogens is 3. The summed E-state index contributed by atoms with van der Waals surface area (Å²) in [4.78, 5) is 12.2. The quantitative estimate of drug-likeness (QED) is 0.889. The summed E-state index contributed by atoms with van der Waals surface area (Å²) in [6, 6.07) is 0.695. The van der Waals surface area contributed by atoms with Crippen molar-refractivity contribution in [1.29, 1.82) is 0 Å². The second-order valence-corrected chi connectivity index (χ2v) is 6.58. The van der Waals surface area contributed by atoms with E-state index in [1.165, 1.54) is 4.68 Å². The molecular formula is C15H20F3N3O3. The van der Waals surface area contributed by atoms with Crippen molar-refractivity contribution in [3.05, 3.63) is 17.5 Å². The molecule has 1 saturated heterocycles. The van der Waals surface area contributed by atoms with Gasteiger partial charge in [-0.05, 0) is 33.1 Å². The lowest BCUT2D eigenvalue weighted by Crippen LogP contribution is -2.30. The van der Waals surface area contributed by atoms with E-state index in [-0.39, 0.29) is 17.8 Å². The van der Waals surface area contributed by atoms with Gasteiger partial charge in [-0.3, -0.25) is 9.48 Å². The van der Waals surface area contributed by atoms with E-state index >= 15 is 0 Å². The molecule has 24 heavy (non-hydrogen) atoms. The second-order valence-electron chi connectivity index (χ2n) is 6.58. The number of rotatable bonds is 5. The molecule has 9 heteroatoms. The van der Waals surface area contributed by atoms with Gasteiger partial charge in [0.25, 0.3) is 5.91 Å². The van der Waals surface area contributed by atoms with Gasteiger partial charge in [0.1, 0.15) is 5.69 Å². The van der Waals surface area contributed by atoms with E-state index in [2.05, 4.69) is 10.4 Å². The maximum absolute atomic E-state index is 12.8. The summed E-state index contributed by atoms with van der Waals surface area (Å²) in [5.74, 6) is -1.19. The fourth-order valence-electron chi connectivity index (χ4n) is 2.64. The molecule has 134 valence electrons. The number of ether oxygens (including phenoxy) is 2. The van der Waals surface area contributed by atoms with Crippen LogP contribution in [-0.2, 0) is 15.7 Å². The number of hydrogen-bond donors (Lipinski definition) is 1. The topological polar surface area (TPSA) is 65.4 Å². The number of amides is 1. The molecule has 2 aliphatic rings. The van der Waals surface area contributed by atoms with Crippen LogP contribution in [0.1, 0.15) is 55.3 Å². The molecule has 0 spiro atoms. The van der Waals surface area contributed by atoms with Gasteiger partial charge in [-0.15, -0.1) is 0 Å². The Kier molecular flexibility index (Phi) is 4.33. The minimum absolute atomic E-state index is 0.0475. The molecule has 1 aliphatic carbocycles. The molecule has 1 amide bonds. The summed E-state index contributed by atoms with van der Waals surface area (Å²) in [6.07, 6.45) is -2.70. The molecule has 0 bridgehead atoms. The van der Waals surface area contributed by atoms with E-state index in [9.17, 15) is 18.0 Å². The van der Waals surface area contributed by atoms with Gasteiger partial charge in [-0.2, -0.15) is 18.3 Å². The van der Waals surface area contributed by atoms with Crippen LogP contribution in [0, 0.1) is 0 Å². The molecule has 0 radical (unpaired) electrons. The van der Waals surface area contributed by atoms with Gasteiger partial charge in [0.2, 0.25) is 0 Å². The number of hydrogen-bond acceptors (Lipinski definition) is 4. The maximum Gasteiger partial charge on any atom is 0.435 e. The van der Waals surface area contributed by atoms with Crippen LogP contribution in [0.15, 0.2) is 6.07 Å². The SMILES string of the molecule is CC1(C)OCC(CCNC(=O)c2cc(C(F)(F)F)nn2C2CC2)O1. The van der Waals surface area contributed by atoms with Crippen LogP contribution in [0.3, 0.4) is 0 Å². The number of alkyl halides is 3. The zero-order valence-corrected chi connectivity index (χ0v) is 13.5. The number of carbonyl (C=O) groups excluding carboxylic acids is 1. The Morgan fingerprint density at radius 3 is 2.71 bits per heavy atom. The summed E-state index contributed by atoms with van der Waals surface area (Å²) in [5.41, 5.74) is -1.08. The summed E-state index contributed by atoms with van der Waals surface area (Å²) in [6.45, 7) is 4.33. The first-order chi connectivity index (χ1) is 11.2. The highest BCUT2D eigenvalue weighted by molar-refractivity contribution is 5.92. The summed E-state index contributed by atoms with van der Waals surface area (Å²) < 4.78 is 50.7. The first kappa shape index (κ1) is 17.2. The predicted molar refractivity (Wildman–Crippen MR) is 77.4 cm³/mol. The van der Waals surface area contributed by atoms with Crippen LogP contribution in [0.25, 0.3) is 0 Å². The molecule has 1 N–H and O–H groups in total. The van der Waals surface area contributed by atoms with Gasteiger partial charge in [0.05, 0.1) is 18.8 Å². The van der Waals surface area contributed by atoms with Gasteiger partial charge in [0.15, 0.2) is 11.5 Å². The number of nitrogens with zero attached hydrogens (tertiary/aromatic N) is 2. The fourth-order valence-corrected chi connectivity index (χ4v) is 2.64. The zero-order chi connectivity index (χ0) is 17.5.